The first kappa shape index (κ1) is 18.9. The van der Waals surface area contributed by atoms with Crippen molar-refractivity contribution < 1.29 is 4.79 Å². The van der Waals surface area contributed by atoms with Gasteiger partial charge in [-0.05, 0) is 56.3 Å². The van der Waals surface area contributed by atoms with Crippen LogP contribution in [0, 0.1) is 0 Å². The number of para-hydroxylation sites is 1. The molecule has 0 aliphatic rings. The molecule has 27 heavy (non-hydrogen) atoms. The van der Waals surface area contributed by atoms with Gasteiger partial charge in [-0.1, -0.05) is 42.1 Å². The normalized spacial score (nSPS) is 10.6. The molecule has 1 amide bonds. The van der Waals surface area contributed by atoms with Crippen molar-refractivity contribution in [2.45, 2.75) is 29.7 Å². The molecule has 5 heteroatoms. The highest BCUT2D eigenvalue weighted by Crippen LogP contribution is 2.35. The molecule has 0 aliphatic carbocycles. The lowest BCUT2D eigenvalue weighted by atomic mass is 10.1. The van der Waals surface area contributed by atoms with Crippen LogP contribution in [-0.2, 0) is 0 Å². The molecular formula is C22H23N3OS. The zero-order valence-corrected chi connectivity index (χ0v) is 16.2. The summed E-state index contributed by atoms with van der Waals surface area (Å²) in [6.45, 7) is 3.86. The quantitative estimate of drug-likeness (QED) is 0.510. The first-order valence-corrected chi connectivity index (χ1v) is 9.64. The fourth-order valence-corrected chi connectivity index (χ4v) is 3.51. The van der Waals surface area contributed by atoms with Crippen LogP contribution in [-0.4, -0.2) is 11.9 Å². The van der Waals surface area contributed by atoms with Crippen LogP contribution in [0.4, 0.5) is 17.1 Å². The summed E-state index contributed by atoms with van der Waals surface area (Å²) < 4.78 is 0. The fourth-order valence-electron chi connectivity index (χ4n) is 2.58. The van der Waals surface area contributed by atoms with Crippen LogP contribution < -0.4 is 16.4 Å². The molecule has 3 rings (SSSR count). The number of anilines is 3. The maximum atomic E-state index is 12.1. The molecule has 0 fully saturated rings. The van der Waals surface area contributed by atoms with E-state index in [1.165, 1.54) is 4.90 Å². The van der Waals surface area contributed by atoms with Crippen molar-refractivity contribution in [2.24, 2.45) is 0 Å². The highest BCUT2D eigenvalue weighted by atomic mass is 32.2. The predicted molar refractivity (Wildman–Crippen MR) is 114 cm³/mol. The van der Waals surface area contributed by atoms with Crippen LogP contribution >= 0.6 is 11.8 Å². The average Bonchev–Trinajstić information content (AvgIpc) is 2.65. The van der Waals surface area contributed by atoms with Gasteiger partial charge in [0.05, 0.1) is 17.1 Å². The Morgan fingerprint density at radius 2 is 1.63 bits per heavy atom. The summed E-state index contributed by atoms with van der Waals surface area (Å²) in [5.41, 5.74) is 9.02. The van der Waals surface area contributed by atoms with Gasteiger partial charge in [-0.3, -0.25) is 4.79 Å². The summed E-state index contributed by atoms with van der Waals surface area (Å²) in [5.74, 6) is -0.122. The SMILES string of the molecule is CC(C)NC(=O)c1ccc(Nc2ccccc2Sc2ccccc2)c(N)c1. The maximum absolute atomic E-state index is 12.1. The molecular weight excluding hydrogens is 354 g/mol. The minimum Gasteiger partial charge on any atom is -0.397 e. The van der Waals surface area contributed by atoms with Gasteiger partial charge in [-0.25, -0.2) is 0 Å². The van der Waals surface area contributed by atoms with Gasteiger partial charge in [0.25, 0.3) is 5.91 Å². The molecule has 0 radical (unpaired) electrons. The molecule has 0 aliphatic heterocycles. The number of rotatable bonds is 6. The number of carbonyl (C=O) groups is 1. The predicted octanol–water partition coefficient (Wildman–Crippen LogP) is 5.30. The van der Waals surface area contributed by atoms with E-state index in [0.29, 0.717) is 11.3 Å². The summed E-state index contributed by atoms with van der Waals surface area (Å²) in [4.78, 5) is 14.4. The van der Waals surface area contributed by atoms with Crippen LogP contribution in [0.5, 0.6) is 0 Å². The minimum atomic E-state index is -0.122. The fraction of sp³-hybridized carbons (Fsp3) is 0.136. The van der Waals surface area contributed by atoms with E-state index in [4.69, 9.17) is 5.73 Å². The molecule has 0 aromatic heterocycles. The summed E-state index contributed by atoms with van der Waals surface area (Å²) in [7, 11) is 0. The molecule has 4 N–H and O–H groups in total. The highest BCUT2D eigenvalue weighted by Gasteiger charge is 2.11. The lowest BCUT2D eigenvalue weighted by molar-refractivity contribution is 0.0943. The smallest absolute Gasteiger partial charge is 0.251 e. The number of amides is 1. The van der Waals surface area contributed by atoms with Gasteiger partial charge in [-0.2, -0.15) is 0 Å². The van der Waals surface area contributed by atoms with Gasteiger partial charge in [0.15, 0.2) is 0 Å². The van der Waals surface area contributed by atoms with Crippen molar-refractivity contribution in [3.8, 4) is 0 Å². The van der Waals surface area contributed by atoms with Gasteiger partial charge in [0.2, 0.25) is 0 Å². The van der Waals surface area contributed by atoms with Crippen molar-refractivity contribution in [3.05, 3.63) is 78.4 Å². The number of nitrogens with two attached hydrogens (primary N) is 1. The van der Waals surface area contributed by atoms with E-state index in [0.717, 1.165) is 16.3 Å². The molecule has 4 nitrogen and oxygen atoms in total. The number of benzene rings is 3. The Kier molecular flexibility index (Phi) is 6.04. The van der Waals surface area contributed by atoms with Crippen LogP contribution in [0.1, 0.15) is 24.2 Å². The van der Waals surface area contributed by atoms with E-state index >= 15 is 0 Å². The van der Waals surface area contributed by atoms with Gasteiger partial charge in [-0.15, -0.1) is 0 Å². The number of hydrogen-bond donors (Lipinski definition) is 3. The van der Waals surface area contributed by atoms with E-state index in [1.807, 2.05) is 56.3 Å². The Labute approximate surface area is 164 Å². The summed E-state index contributed by atoms with van der Waals surface area (Å²) in [5, 5.41) is 6.26. The third-order valence-corrected chi connectivity index (χ3v) is 4.94. The molecule has 0 spiro atoms. The molecule has 3 aromatic rings. The maximum Gasteiger partial charge on any atom is 0.251 e. The van der Waals surface area contributed by atoms with Crippen LogP contribution in [0.2, 0.25) is 0 Å². The second-order valence-electron chi connectivity index (χ2n) is 6.47. The average molecular weight is 378 g/mol. The van der Waals surface area contributed by atoms with Gasteiger partial charge in [0, 0.05) is 21.4 Å². The molecule has 138 valence electrons. The molecule has 0 saturated heterocycles. The third kappa shape index (κ3) is 5.05. The van der Waals surface area contributed by atoms with Gasteiger partial charge < -0.3 is 16.4 Å². The number of hydrogen-bond acceptors (Lipinski definition) is 4. The van der Waals surface area contributed by atoms with Crippen LogP contribution in [0.15, 0.2) is 82.6 Å². The Hall–Kier alpha value is -2.92. The third-order valence-electron chi connectivity index (χ3n) is 3.86. The molecule has 0 bridgehead atoms. The molecule has 0 unspecified atom stereocenters. The summed E-state index contributed by atoms with van der Waals surface area (Å²) >= 11 is 1.69. The first-order valence-electron chi connectivity index (χ1n) is 8.82. The van der Waals surface area contributed by atoms with E-state index in [1.54, 1.807) is 23.9 Å². The Bertz CT molecular complexity index is 926. The highest BCUT2D eigenvalue weighted by molar-refractivity contribution is 7.99. The monoisotopic (exact) mass is 377 g/mol. The van der Waals surface area contributed by atoms with Gasteiger partial charge in [0.1, 0.15) is 0 Å². The van der Waals surface area contributed by atoms with Crippen molar-refractivity contribution in [2.75, 3.05) is 11.1 Å². The summed E-state index contributed by atoms with van der Waals surface area (Å²) in [6, 6.07) is 23.7. The number of carbonyl (C=O) groups excluding carboxylic acids is 1. The Balaban J connectivity index is 1.80. The molecule has 0 heterocycles. The van der Waals surface area contributed by atoms with E-state index in [-0.39, 0.29) is 11.9 Å². The molecule has 3 aromatic carbocycles. The van der Waals surface area contributed by atoms with E-state index in [2.05, 4.69) is 28.8 Å². The van der Waals surface area contributed by atoms with Crippen molar-refractivity contribution in [1.29, 1.82) is 0 Å². The Morgan fingerprint density at radius 1 is 0.926 bits per heavy atom. The van der Waals surface area contributed by atoms with Crippen LogP contribution in [0.3, 0.4) is 0 Å². The van der Waals surface area contributed by atoms with Crippen molar-refractivity contribution >= 4 is 34.7 Å². The van der Waals surface area contributed by atoms with E-state index in [9.17, 15) is 4.79 Å². The van der Waals surface area contributed by atoms with E-state index < -0.39 is 0 Å². The second kappa shape index (κ2) is 8.64. The van der Waals surface area contributed by atoms with Crippen LogP contribution in [0.25, 0.3) is 0 Å². The zero-order valence-electron chi connectivity index (χ0n) is 15.4. The lowest BCUT2D eigenvalue weighted by Gasteiger charge is -2.15. The van der Waals surface area contributed by atoms with Crippen molar-refractivity contribution in [1.82, 2.24) is 5.32 Å². The largest absolute Gasteiger partial charge is 0.397 e. The lowest BCUT2D eigenvalue weighted by Crippen LogP contribution is -2.30. The summed E-state index contributed by atoms with van der Waals surface area (Å²) in [6.07, 6.45) is 0. The first-order chi connectivity index (χ1) is 13.0. The number of nitrogen functional groups attached to an aromatic ring is 1. The Morgan fingerprint density at radius 3 is 2.33 bits per heavy atom. The van der Waals surface area contributed by atoms with Gasteiger partial charge >= 0.3 is 0 Å². The topological polar surface area (TPSA) is 67.2 Å². The second-order valence-corrected chi connectivity index (χ2v) is 7.58. The van der Waals surface area contributed by atoms with Crippen molar-refractivity contribution in [3.63, 3.8) is 0 Å². The molecule has 0 atom stereocenters. The minimum absolute atomic E-state index is 0.0819. The zero-order chi connectivity index (χ0) is 19.2. The molecule has 0 saturated carbocycles. The number of nitrogens with one attached hydrogen (secondary N) is 2. The standard InChI is InChI=1S/C22H23N3OS/c1-15(2)24-22(26)16-12-13-19(18(23)14-16)25-20-10-6-7-11-21(20)27-17-8-4-3-5-9-17/h3-15,25H,23H2,1-2H3,(H,24,26).